The zero-order valence-corrected chi connectivity index (χ0v) is 18.7. The van der Waals surface area contributed by atoms with Gasteiger partial charge in [-0.2, -0.15) is 0 Å². The minimum absolute atomic E-state index is 0.0451. The summed E-state index contributed by atoms with van der Waals surface area (Å²) in [5.41, 5.74) is 2.81. The van der Waals surface area contributed by atoms with Crippen LogP contribution in [0, 0.1) is 13.8 Å². The van der Waals surface area contributed by atoms with Gasteiger partial charge in [0.05, 0.1) is 40.9 Å². The monoisotopic (exact) mass is 438 g/mol. The molecule has 0 spiro atoms. The molecule has 1 fully saturated rings. The Morgan fingerprint density at radius 2 is 2.13 bits per heavy atom. The third-order valence-electron chi connectivity index (χ3n) is 5.14. The first-order valence-electron chi connectivity index (χ1n) is 10.4. The van der Waals surface area contributed by atoms with E-state index in [9.17, 15) is 4.79 Å². The van der Waals surface area contributed by atoms with E-state index in [2.05, 4.69) is 20.3 Å². The number of carbonyl (C=O) groups excluding carboxylic acids is 1. The summed E-state index contributed by atoms with van der Waals surface area (Å²) < 4.78 is 11.9. The van der Waals surface area contributed by atoms with Crippen molar-refractivity contribution < 1.29 is 14.3 Å². The van der Waals surface area contributed by atoms with Crippen molar-refractivity contribution in [1.82, 2.24) is 20.3 Å². The van der Waals surface area contributed by atoms with Gasteiger partial charge < -0.3 is 14.8 Å². The maximum atomic E-state index is 13.2. The molecule has 2 aromatic heterocycles. The molecule has 1 amide bonds. The maximum Gasteiger partial charge on any atom is 0.255 e. The van der Waals surface area contributed by atoms with Crippen molar-refractivity contribution in [2.45, 2.75) is 45.8 Å². The number of carbonyl (C=O) groups is 1. The number of nitrogens with zero attached hydrogens (tertiary/aromatic N) is 3. The molecule has 2 atom stereocenters. The van der Waals surface area contributed by atoms with E-state index in [4.69, 9.17) is 9.47 Å². The van der Waals surface area contributed by atoms with Gasteiger partial charge in [0.2, 0.25) is 0 Å². The minimum Gasteiger partial charge on any atom is -0.489 e. The van der Waals surface area contributed by atoms with E-state index in [-0.39, 0.29) is 18.1 Å². The summed E-state index contributed by atoms with van der Waals surface area (Å²) in [5, 5.41) is 3.84. The van der Waals surface area contributed by atoms with Crippen molar-refractivity contribution in [3.8, 4) is 16.3 Å². The number of benzene rings is 1. The second-order valence-electron chi connectivity index (χ2n) is 7.68. The van der Waals surface area contributed by atoms with Gasteiger partial charge in [0, 0.05) is 23.9 Å². The standard InChI is InChI=1S/C23H26N4O3S/c1-14-10-25-20(12-24-14)16(3)27-22(28)18-7-4-8-19(23-26-11-15(2)31-23)21(18)30-13-17-6-5-9-29-17/h4,7-8,10-12,16-17H,5-6,9,13H2,1-3H3,(H,27,28)/t16-,17+/m1/s1. The van der Waals surface area contributed by atoms with Crippen molar-refractivity contribution in [3.05, 3.63) is 58.6 Å². The number of nitrogens with one attached hydrogen (secondary N) is 1. The van der Waals surface area contributed by atoms with Crippen LogP contribution in [0.5, 0.6) is 5.75 Å². The molecule has 0 aliphatic carbocycles. The van der Waals surface area contributed by atoms with Gasteiger partial charge >= 0.3 is 0 Å². The third-order valence-corrected chi connectivity index (χ3v) is 6.09. The SMILES string of the molecule is Cc1cnc([C@@H](C)NC(=O)c2cccc(-c3ncc(C)s3)c2OC[C@@H]2CCCO2)cn1. The molecule has 3 heterocycles. The molecule has 1 N–H and O–H groups in total. The molecule has 8 heteroatoms. The summed E-state index contributed by atoms with van der Waals surface area (Å²) >= 11 is 1.57. The minimum atomic E-state index is -0.294. The van der Waals surface area contributed by atoms with Gasteiger partial charge in [0.25, 0.3) is 5.91 Å². The van der Waals surface area contributed by atoms with E-state index in [1.54, 1.807) is 29.8 Å². The highest BCUT2D eigenvalue weighted by Gasteiger charge is 2.23. The largest absolute Gasteiger partial charge is 0.489 e. The third kappa shape index (κ3) is 5.08. The summed E-state index contributed by atoms with van der Waals surface area (Å²) in [6.45, 7) is 6.93. The van der Waals surface area contributed by atoms with Crippen LogP contribution >= 0.6 is 11.3 Å². The van der Waals surface area contributed by atoms with E-state index >= 15 is 0 Å². The maximum absolute atomic E-state index is 13.2. The van der Waals surface area contributed by atoms with Crippen molar-refractivity contribution in [2.75, 3.05) is 13.2 Å². The topological polar surface area (TPSA) is 86.2 Å². The van der Waals surface area contributed by atoms with Gasteiger partial charge in [-0.15, -0.1) is 11.3 Å². The van der Waals surface area contributed by atoms with Gasteiger partial charge in [0.15, 0.2) is 0 Å². The number of amides is 1. The number of ether oxygens (including phenoxy) is 2. The Morgan fingerprint density at radius 3 is 2.81 bits per heavy atom. The highest BCUT2D eigenvalue weighted by atomic mass is 32.1. The first-order chi connectivity index (χ1) is 15.0. The van der Waals surface area contributed by atoms with E-state index in [1.807, 2.05) is 39.1 Å². The van der Waals surface area contributed by atoms with Gasteiger partial charge in [-0.1, -0.05) is 6.07 Å². The molecule has 0 bridgehead atoms. The second-order valence-corrected chi connectivity index (χ2v) is 8.92. The molecular weight excluding hydrogens is 412 g/mol. The summed E-state index contributed by atoms with van der Waals surface area (Å²) in [6, 6.07) is 5.28. The Balaban J connectivity index is 1.61. The molecule has 0 unspecified atom stereocenters. The van der Waals surface area contributed by atoms with Gasteiger partial charge in [-0.05, 0) is 45.7 Å². The van der Waals surface area contributed by atoms with Crippen molar-refractivity contribution >= 4 is 17.2 Å². The first kappa shape index (κ1) is 21.4. The molecule has 162 valence electrons. The highest BCUT2D eigenvalue weighted by Crippen LogP contribution is 2.36. The summed E-state index contributed by atoms with van der Waals surface area (Å²) in [6.07, 6.45) is 7.24. The molecule has 1 aliphatic heterocycles. The van der Waals surface area contributed by atoms with E-state index < -0.39 is 0 Å². The molecule has 0 radical (unpaired) electrons. The predicted molar refractivity (Wildman–Crippen MR) is 119 cm³/mol. The summed E-state index contributed by atoms with van der Waals surface area (Å²) in [4.78, 5) is 27.5. The Labute approximate surface area is 185 Å². The van der Waals surface area contributed by atoms with Crippen LogP contribution in [0.2, 0.25) is 0 Å². The van der Waals surface area contributed by atoms with Crippen LogP contribution in [0.4, 0.5) is 0 Å². The highest BCUT2D eigenvalue weighted by molar-refractivity contribution is 7.15. The van der Waals surface area contributed by atoms with E-state index in [0.29, 0.717) is 23.6 Å². The number of aryl methyl sites for hydroxylation is 2. The lowest BCUT2D eigenvalue weighted by Gasteiger charge is -2.19. The number of aromatic nitrogens is 3. The normalized spacial score (nSPS) is 16.8. The van der Waals surface area contributed by atoms with Crippen LogP contribution < -0.4 is 10.1 Å². The lowest BCUT2D eigenvalue weighted by molar-refractivity contribution is 0.0672. The zero-order chi connectivity index (χ0) is 21.8. The van der Waals surface area contributed by atoms with Gasteiger partial charge in [-0.3, -0.25) is 14.8 Å². The van der Waals surface area contributed by atoms with Crippen LogP contribution in [0.15, 0.2) is 36.8 Å². The van der Waals surface area contributed by atoms with Crippen LogP contribution in [0.25, 0.3) is 10.6 Å². The summed E-state index contributed by atoms with van der Waals surface area (Å²) in [5.74, 6) is 0.305. The quantitative estimate of drug-likeness (QED) is 0.593. The molecular formula is C23H26N4O3S. The lowest BCUT2D eigenvalue weighted by Crippen LogP contribution is -2.28. The van der Waals surface area contributed by atoms with Crippen molar-refractivity contribution in [2.24, 2.45) is 0 Å². The molecule has 0 saturated carbocycles. The van der Waals surface area contributed by atoms with Crippen LogP contribution in [0.1, 0.15) is 52.4 Å². The van der Waals surface area contributed by atoms with Crippen molar-refractivity contribution in [3.63, 3.8) is 0 Å². The average molecular weight is 439 g/mol. The molecule has 4 rings (SSSR count). The van der Waals surface area contributed by atoms with E-state index in [1.165, 1.54) is 0 Å². The average Bonchev–Trinajstić information content (AvgIpc) is 3.44. The lowest BCUT2D eigenvalue weighted by atomic mass is 10.1. The van der Waals surface area contributed by atoms with Crippen LogP contribution in [0.3, 0.4) is 0 Å². The first-order valence-corrected chi connectivity index (χ1v) is 11.2. The Hall–Kier alpha value is -2.84. The van der Waals surface area contributed by atoms with Gasteiger partial charge in [-0.25, -0.2) is 4.98 Å². The molecule has 1 saturated heterocycles. The fourth-order valence-electron chi connectivity index (χ4n) is 3.45. The Kier molecular flexibility index (Phi) is 6.58. The van der Waals surface area contributed by atoms with Crippen LogP contribution in [-0.4, -0.2) is 40.2 Å². The zero-order valence-electron chi connectivity index (χ0n) is 17.9. The second kappa shape index (κ2) is 9.53. The van der Waals surface area contributed by atoms with Gasteiger partial charge in [0.1, 0.15) is 17.4 Å². The Morgan fingerprint density at radius 1 is 1.26 bits per heavy atom. The fraction of sp³-hybridized carbons (Fsp3) is 0.391. The Bertz CT molecular complexity index is 1050. The molecule has 3 aromatic rings. The number of rotatable bonds is 7. The molecule has 31 heavy (non-hydrogen) atoms. The number of hydrogen-bond acceptors (Lipinski definition) is 7. The molecule has 1 aliphatic rings. The van der Waals surface area contributed by atoms with E-state index in [0.717, 1.165) is 40.6 Å². The fourth-order valence-corrected chi connectivity index (χ4v) is 4.23. The number of para-hydroxylation sites is 1. The van der Waals surface area contributed by atoms with Crippen LogP contribution in [-0.2, 0) is 4.74 Å². The molecule has 7 nitrogen and oxygen atoms in total. The summed E-state index contributed by atoms with van der Waals surface area (Å²) in [7, 11) is 0. The molecule has 1 aromatic carbocycles. The van der Waals surface area contributed by atoms with Crippen molar-refractivity contribution in [1.29, 1.82) is 0 Å². The number of thiazole rings is 1. The smallest absolute Gasteiger partial charge is 0.255 e. The number of hydrogen-bond donors (Lipinski definition) is 1. The predicted octanol–water partition coefficient (Wildman–Crippen LogP) is 4.27.